The Morgan fingerprint density at radius 3 is 1.40 bits per heavy atom. The largest absolute Gasteiger partial charge is 0.351 e. The molecule has 0 aromatic heterocycles. The summed E-state index contributed by atoms with van der Waals surface area (Å²) in [5.41, 5.74) is 4.68. The Bertz CT molecular complexity index is 154. The first-order valence-corrected chi connectivity index (χ1v) is 2.57. The van der Waals surface area contributed by atoms with Crippen LogP contribution < -0.4 is 5.73 Å². The Labute approximate surface area is 57.8 Å². The fourth-order valence-electron chi connectivity index (χ4n) is 0.532. The molecule has 0 heterocycles. The third-order valence-electron chi connectivity index (χ3n) is 0.850. The number of urea groups is 1. The van der Waals surface area contributed by atoms with Gasteiger partial charge in [0.2, 0.25) is 11.8 Å². The van der Waals surface area contributed by atoms with Gasteiger partial charge in [-0.25, -0.2) is 9.69 Å². The third-order valence-corrected chi connectivity index (χ3v) is 0.850. The van der Waals surface area contributed by atoms with E-state index in [1.165, 1.54) is 0 Å². The molecule has 0 spiro atoms. The first-order valence-electron chi connectivity index (χ1n) is 2.57. The molecule has 0 aromatic carbocycles. The van der Waals surface area contributed by atoms with Crippen LogP contribution >= 0.6 is 0 Å². The van der Waals surface area contributed by atoms with Gasteiger partial charge in [0.25, 0.3) is 0 Å². The topological polar surface area (TPSA) is 80.5 Å². The van der Waals surface area contributed by atoms with Crippen LogP contribution in [0.25, 0.3) is 0 Å². The summed E-state index contributed by atoms with van der Waals surface area (Å²) >= 11 is 0. The van der Waals surface area contributed by atoms with E-state index >= 15 is 0 Å². The van der Waals surface area contributed by atoms with Crippen LogP contribution in [0.2, 0.25) is 0 Å². The van der Waals surface area contributed by atoms with Crippen LogP contribution in [0.5, 0.6) is 0 Å². The third kappa shape index (κ3) is 1.85. The summed E-state index contributed by atoms with van der Waals surface area (Å²) in [6, 6.07) is -1.04. The molecule has 0 atom stereocenters. The molecule has 0 aliphatic heterocycles. The molecule has 0 bridgehead atoms. The van der Waals surface area contributed by atoms with E-state index in [4.69, 9.17) is 0 Å². The van der Waals surface area contributed by atoms with Gasteiger partial charge in [-0.3, -0.25) is 9.59 Å². The van der Waals surface area contributed by atoms with E-state index in [2.05, 4.69) is 5.73 Å². The van der Waals surface area contributed by atoms with Crippen molar-refractivity contribution in [3.63, 3.8) is 0 Å². The van der Waals surface area contributed by atoms with Crippen LogP contribution in [0.3, 0.4) is 0 Å². The smallest absolute Gasteiger partial charge is 0.328 e. The average Bonchev–Trinajstić information content (AvgIpc) is 1.59. The van der Waals surface area contributed by atoms with Gasteiger partial charge in [0, 0.05) is 13.8 Å². The van der Waals surface area contributed by atoms with Crippen molar-refractivity contribution in [1.29, 1.82) is 0 Å². The molecule has 5 nitrogen and oxygen atoms in total. The Morgan fingerprint density at radius 2 is 1.40 bits per heavy atom. The standard InChI is InChI=1S/C5H8N2O3/c1-3(8)7(4(2)9)5(6)10/h1-2H3,(H2,6,10). The number of primary amides is 1. The number of nitrogens with zero attached hydrogens (tertiary/aromatic N) is 1. The number of hydrogen-bond acceptors (Lipinski definition) is 3. The number of nitrogens with two attached hydrogens (primary N) is 1. The highest BCUT2D eigenvalue weighted by atomic mass is 16.2. The fourth-order valence-corrected chi connectivity index (χ4v) is 0.532. The molecule has 5 heteroatoms. The lowest BCUT2D eigenvalue weighted by atomic mass is 10.5. The van der Waals surface area contributed by atoms with Gasteiger partial charge in [-0.05, 0) is 0 Å². The minimum Gasteiger partial charge on any atom is -0.351 e. The number of carbonyl (C=O) groups excluding carboxylic acids is 3. The molecule has 56 valence electrons. The molecular formula is C5H8N2O3. The highest BCUT2D eigenvalue weighted by molar-refractivity contribution is 6.08. The lowest BCUT2D eigenvalue weighted by Gasteiger charge is -2.10. The van der Waals surface area contributed by atoms with Crippen molar-refractivity contribution >= 4 is 17.8 Å². The molecule has 10 heavy (non-hydrogen) atoms. The Kier molecular flexibility index (Phi) is 2.54. The zero-order valence-corrected chi connectivity index (χ0v) is 5.75. The second-order valence-corrected chi connectivity index (χ2v) is 1.71. The van der Waals surface area contributed by atoms with E-state index in [0.717, 1.165) is 13.8 Å². The molecule has 4 amide bonds. The molecule has 0 saturated carbocycles. The number of hydrogen-bond donors (Lipinski definition) is 1. The van der Waals surface area contributed by atoms with Gasteiger partial charge in [0.15, 0.2) is 0 Å². The lowest BCUT2D eigenvalue weighted by Crippen LogP contribution is -2.42. The number of carbonyl (C=O) groups is 3. The Balaban J connectivity index is 4.43. The maximum absolute atomic E-state index is 10.4. The Morgan fingerprint density at radius 1 is 1.10 bits per heavy atom. The predicted octanol–water partition coefficient (Wildman–Crippen LogP) is -0.540. The van der Waals surface area contributed by atoms with Crippen LogP contribution in [0.15, 0.2) is 0 Å². The van der Waals surface area contributed by atoms with Crippen LogP contribution in [0.4, 0.5) is 4.79 Å². The lowest BCUT2D eigenvalue weighted by molar-refractivity contribution is -0.137. The molecule has 0 radical (unpaired) electrons. The second kappa shape index (κ2) is 2.95. The van der Waals surface area contributed by atoms with Gasteiger partial charge in [0.05, 0.1) is 0 Å². The van der Waals surface area contributed by atoms with Crippen LogP contribution in [-0.2, 0) is 9.59 Å². The monoisotopic (exact) mass is 144 g/mol. The van der Waals surface area contributed by atoms with E-state index in [1.54, 1.807) is 0 Å². The van der Waals surface area contributed by atoms with E-state index in [1.807, 2.05) is 0 Å². The van der Waals surface area contributed by atoms with Gasteiger partial charge in [-0.2, -0.15) is 0 Å². The first kappa shape index (κ1) is 8.61. The van der Waals surface area contributed by atoms with E-state index in [-0.39, 0.29) is 0 Å². The van der Waals surface area contributed by atoms with Crippen LogP contribution in [0.1, 0.15) is 13.8 Å². The zero-order valence-electron chi connectivity index (χ0n) is 5.75. The highest BCUT2D eigenvalue weighted by Gasteiger charge is 2.18. The maximum atomic E-state index is 10.4. The van der Waals surface area contributed by atoms with Gasteiger partial charge >= 0.3 is 6.03 Å². The number of imide groups is 3. The molecule has 0 saturated heterocycles. The summed E-state index contributed by atoms with van der Waals surface area (Å²) in [4.78, 5) is 31.5. The van der Waals surface area contributed by atoms with Crippen molar-refractivity contribution < 1.29 is 14.4 Å². The number of amides is 4. The van der Waals surface area contributed by atoms with Gasteiger partial charge in [-0.1, -0.05) is 0 Å². The molecule has 0 rings (SSSR count). The van der Waals surface area contributed by atoms with Crippen molar-refractivity contribution in [2.24, 2.45) is 5.73 Å². The normalized spacial score (nSPS) is 8.60. The summed E-state index contributed by atoms with van der Waals surface area (Å²) in [6.07, 6.45) is 0. The summed E-state index contributed by atoms with van der Waals surface area (Å²) in [5.74, 6) is -1.33. The Hall–Kier alpha value is -1.39. The van der Waals surface area contributed by atoms with E-state index in [0.29, 0.717) is 4.90 Å². The van der Waals surface area contributed by atoms with E-state index in [9.17, 15) is 14.4 Å². The minimum atomic E-state index is -1.04. The van der Waals surface area contributed by atoms with Crippen molar-refractivity contribution in [3.05, 3.63) is 0 Å². The quantitative estimate of drug-likeness (QED) is 0.495. The van der Waals surface area contributed by atoms with Crippen molar-refractivity contribution in [3.8, 4) is 0 Å². The SMILES string of the molecule is CC(=O)N(C(C)=O)C(N)=O. The second-order valence-electron chi connectivity index (χ2n) is 1.71. The molecule has 0 aromatic rings. The highest BCUT2D eigenvalue weighted by Crippen LogP contribution is 1.88. The molecule has 0 aliphatic rings. The summed E-state index contributed by atoms with van der Waals surface area (Å²) in [6.45, 7) is 2.18. The van der Waals surface area contributed by atoms with Crippen molar-refractivity contribution in [2.75, 3.05) is 0 Å². The first-order chi connectivity index (χ1) is 4.46. The van der Waals surface area contributed by atoms with Gasteiger partial charge in [0.1, 0.15) is 0 Å². The van der Waals surface area contributed by atoms with Crippen LogP contribution in [0, 0.1) is 0 Å². The molecular weight excluding hydrogens is 136 g/mol. The minimum absolute atomic E-state index is 0.361. The summed E-state index contributed by atoms with van der Waals surface area (Å²) in [5, 5.41) is 0. The van der Waals surface area contributed by atoms with Crippen molar-refractivity contribution in [1.82, 2.24) is 4.90 Å². The summed E-state index contributed by atoms with van der Waals surface area (Å²) in [7, 11) is 0. The maximum Gasteiger partial charge on any atom is 0.328 e. The van der Waals surface area contributed by atoms with Gasteiger partial charge in [-0.15, -0.1) is 0 Å². The van der Waals surface area contributed by atoms with Crippen molar-refractivity contribution in [2.45, 2.75) is 13.8 Å². The molecule has 2 N–H and O–H groups in total. The predicted molar refractivity (Wildman–Crippen MR) is 32.8 cm³/mol. The molecule has 0 unspecified atom stereocenters. The fraction of sp³-hybridized carbons (Fsp3) is 0.400. The molecule has 0 aliphatic carbocycles. The summed E-state index contributed by atoms with van der Waals surface area (Å²) < 4.78 is 0. The average molecular weight is 144 g/mol. The van der Waals surface area contributed by atoms with E-state index < -0.39 is 17.8 Å². The number of rotatable bonds is 0. The van der Waals surface area contributed by atoms with Crippen LogP contribution in [-0.4, -0.2) is 22.7 Å². The molecule has 0 fully saturated rings. The van der Waals surface area contributed by atoms with Gasteiger partial charge < -0.3 is 5.73 Å². The zero-order chi connectivity index (χ0) is 8.31.